The van der Waals surface area contributed by atoms with E-state index in [9.17, 15) is 0 Å². The summed E-state index contributed by atoms with van der Waals surface area (Å²) in [4.78, 5) is 8.50. The molecule has 0 unspecified atom stereocenters. The monoisotopic (exact) mass is 226 g/mol. The zero-order valence-electron chi connectivity index (χ0n) is 9.92. The Balaban J connectivity index is 2.36. The Kier molecular flexibility index (Phi) is 3.50. The van der Waals surface area contributed by atoms with Crippen molar-refractivity contribution in [1.82, 2.24) is 9.97 Å². The predicted octanol–water partition coefficient (Wildman–Crippen LogP) is 1.87. The van der Waals surface area contributed by atoms with Crippen LogP contribution in [0.15, 0.2) is 36.5 Å². The zero-order chi connectivity index (χ0) is 12.1. The molecule has 0 fully saturated rings. The van der Waals surface area contributed by atoms with Crippen LogP contribution in [0.1, 0.15) is 13.8 Å². The largest absolute Gasteiger partial charge is 0.421 e. The Hall–Kier alpha value is -2.16. The third-order valence-corrected chi connectivity index (χ3v) is 2.36. The molecule has 0 aromatic carbocycles. The van der Waals surface area contributed by atoms with E-state index in [1.807, 2.05) is 50.3 Å². The molecule has 2 aromatic heterocycles. The van der Waals surface area contributed by atoms with Crippen LogP contribution < -0.4 is 15.3 Å². The molecule has 17 heavy (non-hydrogen) atoms. The van der Waals surface area contributed by atoms with Crippen molar-refractivity contribution in [2.75, 3.05) is 0 Å². The van der Waals surface area contributed by atoms with Crippen molar-refractivity contribution in [1.29, 1.82) is 0 Å². The van der Waals surface area contributed by atoms with Crippen LogP contribution in [0.4, 0.5) is 0 Å². The van der Waals surface area contributed by atoms with E-state index in [1.165, 1.54) is 0 Å². The molecule has 0 N–H and O–H groups in total. The summed E-state index contributed by atoms with van der Waals surface area (Å²) in [7, 11) is 0. The van der Waals surface area contributed by atoms with Gasteiger partial charge in [-0.15, -0.1) is 0 Å². The van der Waals surface area contributed by atoms with Crippen LogP contribution in [0.3, 0.4) is 0 Å². The fourth-order valence-corrected chi connectivity index (χ4v) is 1.51. The zero-order valence-corrected chi connectivity index (χ0v) is 9.92. The first-order valence-corrected chi connectivity index (χ1v) is 5.52. The maximum absolute atomic E-state index is 5.56. The Morgan fingerprint density at radius 2 is 1.88 bits per heavy atom. The summed E-state index contributed by atoms with van der Waals surface area (Å²) >= 11 is 0. The molecule has 0 spiro atoms. The van der Waals surface area contributed by atoms with Gasteiger partial charge in [0.05, 0.1) is 5.35 Å². The average Bonchev–Trinajstić information content (AvgIpc) is 2.40. The lowest BCUT2D eigenvalue weighted by atomic mass is 10.3. The molecule has 0 saturated carbocycles. The molecule has 2 aromatic rings. The molecule has 2 rings (SSSR count). The maximum atomic E-state index is 5.56. The summed E-state index contributed by atoms with van der Waals surface area (Å²) in [5.41, 5.74) is 0. The quantitative estimate of drug-likeness (QED) is 0.784. The Bertz CT molecular complexity index is 606. The molecule has 0 atom stereocenters. The fourth-order valence-electron chi connectivity index (χ4n) is 1.51. The Morgan fingerprint density at radius 1 is 1.00 bits per heavy atom. The van der Waals surface area contributed by atoms with Crippen molar-refractivity contribution >= 4 is 12.2 Å². The van der Waals surface area contributed by atoms with Gasteiger partial charge in [0.15, 0.2) is 0 Å². The van der Waals surface area contributed by atoms with Gasteiger partial charge in [-0.1, -0.05) is 18.2 Å². The van der Waals surface area contributed by atoms with Gasteiger partial charge in [0.2, 0.25) is 11.8 Å². The van der Waals surface area contributed by atoms with E-state index in [-0.39, 0.29) is 0 Å². The molecular formula is C14H14N2O. The molecule has 2 heterocycles. The SMILES string of the molecule is C/C=c1/ccc(Oc2ccccn2)n/c1=C/C. The Morgan fingerprint density at radius 3 is 2.53 bits per heavy atom. The number of hydrogen-bond donors (Lipinski definition) is 0. The van der Waals surface area contributed by atoms with Crippen LogP contribution in [0, 0.1) is 0 Å². The lowest BCUT2D eigenvalue weighted by Gasteiger charge is -2.02. The fraction of sp³-hybridized carbons (Fsp3) is 0.143. The third-order valence-electron chi connectivity index (χ3n) is 2.36. The summed E-state index contributed by atoms with van der Waals surface area (Å²) in [5, 5.41) is 2.02. The Labute approximate surface area is 100 Å². The topological polar surface area (TPSA) is 35.0 Å². The first-order chi connectivity index (χ1) is 8.33. The van der Waals surface area contributed by atoms with Crippen LogP contribution >= 0.6 is 0 Å². The molecule has 0 bridgehead atoms. The van der Waals surface area contributed by atoms with Crippen molar-refractivity contribution in [3.05, 3.63) is 47.1 Å². The molecule has 0 aliphatic heterocycles. The molecule has 0 radical (unpaired) electrons. The van der Waals surface area contributed by atoms with Gasteiger partial charge in [0.1, 0.15) is 0 Å². The number of hydrogen-bond acceptors (Lipinski definition) is 3. The van der Waals surface area contributed by atoms with E-state index in [1.54, 1.807) is 12.3 Å². The highest BCUT2D eigenvalue weighted by atomic mass is 16.5. The second kappa shape index (κ2) is 5.25. The number of nitrogens with zero attached hydrogens (tertiary/aromatic N) is 2. The lowest BCUT2D eigenvalue weighted by molar-refractivity contribution is 0.443. The number of pyridine rings is 2. The third kappa shape index (κ3) is 2.69. The van der Waals surface area contributed by atoms with Gasteiger partial charge in [-0.3, -0.25) is 0 Å². The molecule has 0 amide bonds. The van der Waals surface area contributed by atoms with Crippen LogP contribution in [0.5, 0.6) is 11.8 Å². The minimum absolute atomic E-state index is 0.551. The second-order valence-electron chi connectivity index (χ2n) is 3.47. The summed E-state index contributed by atoms with van der Waals surface area (Å²) in [6.07, 6.45) is 5.67. The van der Waals surface area contributed by atoms with E-state index < -0.39 is 0 Å². The van der Waals surface area contributed by atoms with Crippen molar-refractivity contribution in [2.24, 2.45) is 0 Å². The molecular weight excluding hydrogens is 212 g/mol. The maximum Gasteiger partial charge on any atom is 0.221 e. The summed E-state index contributed by atoms with van der Waals surface area (Å²) in [6, 6.07) is 9.36. The molecule has 0 saturated heterocycles. The van der Waals surface area contributed by atoms with Gasteiger partial charge in [-0.05, 0) is 31.2 Å². The van der Waals surface area contributed by atoms with Crippen LogP contribution in [-0.4, -0.2) is 9.97 Å². The highest BCUT2D eigenvalue weighted by Gasteiger charge is 1.98. The van der Waals surface area contributed by atoms with Crippen molar-refractivity contribution in [3.63, 3.8) is 0 Å². The number of aromatic nitrogens is 2. The summed E-state index contributed by atoms with van der Waals surface area (Å²) in [5.74, 6) is 1.11. The molecule has 3 nitrogen and oxygen atoms in total. The van der Waals surface area contributed by atoms with Crippen LogP contribution in [0.2, 0.25) is 0 Å². The molecule has 86 valence electrons. The van der Waals surface area contributed by atoms with Gasteiger partial charge < -0.3 is 4.74 Å². The van der Waals surface area contributed by atoms with Gasteiger partial charge >= 0.3 is 0 Å². The standard InChI is InChI=1S/C14H14N2O/c1-3-11-8-9-14(16-12(11)4-2)17-13-7-5-6-10-15-13/h3-10H,1-2H3/b11-3-,12-4+. The predicted molar refractivity (Wildman–Crippen MR) is 68.1 cm³/mol. The van der Waals surface area contributed by atoms with Crippen molar-refractivity contribution in [3.8, 4) is 11.8 Å². The smallest absolute Gasteiger partial charge is 0.221 e. The minimum Gasteiger partial charge on any atom is -0.421 e. The normalized spacial score (nSPS) is 12.8. The summed E-state index contributed by atoms with van der Waals surface area (Å²) < 4.78 is 5.56. The first kappa shape index (κ1) is 11.3. The van der Waals surface area contributed by atoms with E-state index >= 15 is 0 Å². The van der Waals surface area contributed by atoms with E-state index in [4.69, 9.17) is 4.74 Å². The van der Waals surface area contributed by atoms with Crippen molar-refractivity contribution in [2.45, 2.75) is 13.8 Å². The molecule has 0 aliphatic rings. The first-order valence-electron chi connectivity index (χ1n) is 5.52. The van der Waals surface area contributed by atoms with Gasteiger partial charge in [0, 0.05) is 18.3 Å². The molecule has 0 aliphatic carbocycles. The number of rotatable bonds is 2. The van der Waals surface area contributed by atoms with Crippen molar-refractivity contribution < 1.29 is 4.74 Å². The highest BCUT2D eigenvalue weighted by molar-refractivity contribution is 5.29. The highest BCUT2D eigenvalue weighted by Crippen LogP contribution is 2.12. The van der Waals surface area contributed by atoms with Gasteiger partial charge in [-0.2, -0.15) is 0 Å². The lowest BCUT2D eigenvalue weighted by Crippen LogP contribution is -2.27. The molecule has 3 heteroatoms. The minimum atomic E-state index is 0.551. The van der Waals surface area contributed by atoms with Gasteiger partial charge in [-0.25, -0.2) is 9.97 Å². The average molecular weight is 226 g/mol. The van der Waals surface area contributed by atoms with Gasteiger partial charge in [0.25, 0.3) is 0 Å². The summed E-state index contributed by atoms with van der Waals surface area (Å²) in [6.45, 7) is 3.95. The van der Waals surface area contributed by atoms with E-state index in [2.05, 4.69) is 9.97 Å². The van der Waals surface area contributed by atoms with Crippen LogP contribution in [-0.2, 0) is 0 Å². The number of ether oxygens (including phenoxy) is 1. The van der Waals surface area contributed by atoms with E-state index in [0.717, 1.165) is 10.6 Å². The second-order valence-corrected chi connectivity index (χ2v) is 3.47. The van der Waals surface area contributed by atoms with E-state index in [0.29, 0.717) is 11.8 Å². The van der Waals surface area contributed by atoms with Crippen LogP contribution in [0.25, 0.3) is 12.2 Å².